The van der Waals surface area contributed by atoms with E-state index < -0.39 is 0 Å². The molecule has 108 valence electrons. The number of carbonyl (C=O) groups excluding carboxylic acids is 1. The summed E-state index contributed by atoms with van der Waals surface area (Å²) in [7, 11) is 0. The van der Waals surface area contributed by atoms with Crippen molar-refractivity contribution < 1.29 is 4.79 Å². The third kappa shape index (κ3) is 3.64. The van der Waals surface area contributed by atoms with Crippen LogP contribution in [0.15, 0.2) is 47.6 Å². The largest absolute Gasteiger partial charge is 0.352 e. The minimum atomic E-state index is -0.0362. The average molecular weight is 298 g/mol. The lowest BCUT2D eigenvalue weighted by Crippen LogP contribution is -2.25. The summed E-state index contributed by atoms with van der Waals surface area (Å²) in [4.78, 5) is 17.3. The van der Waals surface area contributed by atoms with Crippen LogP contribution in [0.1, 0.15) is 27.9 Å². The van der Waals surface area contributed by atoms with Gasteiger partial charge in [-0.1, -0.05) is 12.1 Å². The lowest BCUT2D eigenvalue weighted by atomic mass is 10.0. The molecule has 0 bridgehead atoms. The maximum atomic E-state index is 11.9. The average Bonchev–Trinajstić information content (AvgIpc) is 2.55. The minimum Gasteiger partial charge on any atom is -0.352 e. The summed E-state index contributed by atoms with van der Waals surface area (Å²) in [6.07, 6.45) is 6.58. The van der Waals surface area contributed by atoms with Gasteiger partial charge < -0.3 is 5.32 Å². The van der Waals surface area contributed by atoms with Crippen LogP contribution in [0.5, 0.6) is 0 Å². The lowest BCUT2D eigenvalue weighted by molar-refractivity contribution is 0.0954. The smallest absolute Gasteiger partial charge is 0.251 e. The van der Waals surface area contributed by atoms with Crippen molar-refractivity contribution in [2.45, 2.75) is 24.2 Å². The number of rotatable bonds is 4. The third-order valence-corrected chi connectivity index (χ3v) is 4.82. The van der Waals surface area contributed by atoms with Gasteiger partial charge in [-0.2, -0.15) is 0 Å². The Morgan fingerprint density at radius 3 is 2.95 bits per heavy atom. The molecule has 0 atom stereocenters. The van der Waals surface area contributed by atoms with Crippen molar-refractivity contribution in [3.05, 3.63) is 59.4 Å². The van der Waals surface area contributed by atoms with Crippen LogP contribution >= 0.6 is 11.8 Å². The first-order valence-corrected chi connectivity index (χ1v) is 8.24. The Morgan fingerprint density at radius 2 is 2.10 bits per heavy atom. The Labute approximate surface area is 129 Å². The fraction of sp³-hybridized carbons (Fsp3) is 0.294. The quantitative estimate of drug-likeness (QED) is 0.943. The fourth-order valence-corrected chi connectivity index (χ4v) is 3.51. The number of thioether (sulfide) groups is 1. The molecule has 21 heavy (non-hydrogen) atoms. The molecule has 1 amide bonds. The zero-order chi connectivity index (χ0) is 14.5. The van der Waals surface area contributed by atoms with Gasteiger partial charge in [-0.15, -0.1) is 11.8 Å². The first kappa shape index (κ1) is 14.1. The van der Waals surface area contributed by atoms with Crippen molar-refractivity contribution in [3.63, 3.8) is 0 Å². The molecule has 0 saturated carbocycles. The molecule has 0 saturated heterocycles. The normalized spacial score (nSPS) is 13.5. The molecule has 0 aliphatic carbocycles. The molecular weight excluding hydrogens is 280 g/mol. The van der Waals surface area contributed by atoms with Crippen molar-refractivity contribution in [2.75, 3.05) is 12.3 Å². The Balaban J connectivity index is 1.55. The standard InChI is InChI=1S/C17H18N2OS/c20-17(14-6-8-18-9-7-14)19-10-5-13-3-4-16-15(12-13)2-1-11-21-16/h3-4,6-9,12H,1-2,5,10-11H2,(H,19,20). The van der Waals surface area contributed by atoms with Crippen LogP contribution in [0.3, 0.4) is 0 Å². The van der Waals surface area contributed by atoms with Crippen molar-refractivity contribution in [2.24, 2.45) is 0 Å². The van der Waals surface area contributed by atoms with E-state index in [1.165, 1.54) is 34.6 Å². The molecule has 0 radical (unpaired) electrons. The molecule has 1 aliphatic rings. The second-order valence-corrected chi connectivity index (χ2v) is 6.27. The Bertz CT molecular complexity index is 628. The number of hydrogen-bond acceptors (Lipinski definition) is 3. The Kier molecular flexibility index (Phi) is 4.55. The lowest BCUT2D eigenvalue weighted by Gasteiger charge is -2.16. The molecule has 1 N–H and O–H groups in total. The van der Waals surface area contributed by atoms with Gasteiger partial charge in [0.05, 0.1) is 0 Å². The van der Waals surface area contributed by atoms with Crippen LogP contribution in [0, 0.1) is 0 Å². The van der Waals surface area contributed by atoms with Gasteiger partial charge in [0.25, 0.3) is 5.91 Å². The molecular formula is C17H18N2OS. The second-order valence-electron chi connectivity index (χ2n) is 5.14. The fourth-order valence-electron chi connectivity index (χ4n) is 2.49. The monoisotopic (exact) mass is 298 g/mol. The Morgan fingerprint density at radius 1 is 1.24 bits per heavy atom. The third-order valence-electron chi connectivity index (χ3n) is 3.61. The van der Waals surface area contributed by atoms with E-state index in [-0.39, 0.29) is 5.91 Å². The number of benzene rings is 1. The van der Waals surface area contributed by atoms with E-state index in [4.69, 9.17) is 0 Å². The van der Waals surface area contributed by atoms with Crippen LogP contribution in [-0.4, -0.2) is 23.2 Å². The number of fused-ring (bicyclic) bond motifs is 1. The van der Waals surface area contributed by atoms with Crippen LogP contribution in [0.25, 0.3) is 0 Å². The van der Waals surface area contributed by atoms with Gasteiger partial charge in [-0.3, -0.25) is 9.78 Å². The van der Waals surface area contributed by atoms with Crippen molar-refractivity contribution in [1.29, 1.82) is 0 Å². The highest BCUT2D eigenvalue weighted by molar-refractivity contribution is 7.99. The highest BCUT2D eigenvalue weighted by Crippen LogP contribution is 2.30. The summed E-state index contributed by atoms with van der Waals surface area (Å²) in [6, 6.07) is 10.1. The summed E-state index contributed by atoms with van der Waals surface area (Å²) in [5.41, 5.74) is 3.42. The molecule has 0 fully saturated rings. The summed E-state index contributed by atoms with van der Waals surface area (Å²) >= 11 is 1.95. The number of aromatic nitrogens is 1. The van der Waals surface area contributed by atoms with Crippen molar-refractivity contribution in [1.82, 2.24) is 10.3 Å². The van der Waals surface area contributed by atoms with E-state index >= 15 is 0 Å². The zero-order valence-corrected chi connectivity index (χ0v) is 12.7. The molecule has 0 unspecified atom stereocenters. The number of carbonyl (C=O) groups is 1. The predicted molar refractivity (Wildman–Crippen MR) is 85.8 cm³/mol. The Hall–Kier alpha value is -1.81. The van der Waals surface area contributed by atoms with Crippen LogP contribution < -0.4 is 5.32 Å². The molecule has 3 nitrogen and oxygen atoms in total. The topological polar surface area (TPSA) is 42.0 Å². The van der Waals surface area contributed by atoms with E-state index in [1.807, 2.05) is 11.8 Å². The number of aryl methyl sites for hydroxylation is 1. The molecule has 3 rings (SSSR count). The van der Waals surface area contributed by atoms with Crippen LogP contribution in [-0.2, 0) is 12.8 Å². The van der Waals surface area contributed by atoms with E-state index in [0.717, 1.165) is 6.42 Å². The van der Waals surface area contributed by atoms with Gasteiger partial charge in [-0.25, -0.2) is 0 Å². The number of hydrogen-bond donors (Lipinski definition) is 1. The molecule has 2 aromatic rings. The molecule has 1 aromatic heterocycles. The maximum absolute atomic E-state index is 11.9. The van der Waals surface area contributed by atoms with Crippen molar-refractivity contribution >= 4 is 17.7 Å². The van der Waals surface area contributed by atoms with Crippen LogP contribution in [0.4, 0.5) is 0 Å². The highest BCUT2D eigenvalue weighted by atomic mass is 32.2. The second kappa shape index (κ2) is 6.76. The van der Waals surface area contributed by atoms with Crippen molar-refractivity contribution in [3.8, 4) is 0 Å². The number of amides is 1. The summed E-state index contributed by atoms with van der Waals surface area (Å²) < 4.78 is 0. The minimum absolute atomic E-state index is 0.0362. The first-order valence-electron chi connectivity index (χ1n) is 7.26. The molecule has 1 aliphatic heterocycles. The maximum Gasteiger partial charge on any atom is 0.251 e. The van der Waals surface area contributed by atoms with E-state index in [2.05, 4.69) is 28.5 Å². The summed E-state index contributed by atoms with van der Waals surface area (Å²) in [6.45, 7) is 0.660. The molecule has 0 spiro atoms. The van der Waals surface area contributed by atoms with E-state index in [0.29, 0.717) is 12.1 Å². The van der Waals surface area contributed by atoms with Gasteiger partial charge >= 0.3 is 0 Å². The van der Waals surface area contributed by atoms with Gasteiger partial charge in [0, 0.05) is 29.4 Å². The number of nitrogens with one attached hydrogen (secondary N) is 1. The van der Waals surface area contributed by atoms with Gasteiger partial charge in [-0.05, 0) is 54.3 Å². The van der Waals surface area contributed by atoms with E-state index in [1.54, 1.807) is 24.5 Å². The summed E-state index contributed by atoms with van der Waals surface area (Å²) in [5.74, 6) is 1.19. The van der Waals surface area contributed by atoms with Crippen LogP contribution in [0.2, 0.25) is 0 Å². The highest BCUT2D eigenvalue weighted by Gasteiger charge is 2.10. The predicted octanol–water partition coefficient (Wildman–Crippen LogP) is 3.09. The number of pyridine rings is 1. The van der Waals surface area contributed by atoms with Gasteiger partial charge in [0.1, 0.15) is 0 Å². The van der Waals surface area contributed by atoms with E-state index in [9.17, 15) is 4.79 Å². The molecule has 2 heterocycles. The zero-order valence-electron chi connectivity index (χ0n) is 11.8. The SMILES string of the molecule is O=C(NCCc1ccc2c(c1)CCCS2)c1ccncc1. The summed E-state index contributed by atoms with van der Waals surface area (Å²) in [5, 5.41) is 2.96. The van der Waals surface area contributed by atoms with Gasteiger partial charge in [0.2, 0.25) is 0 Å². The molecule has 4 heteroatoms. The molecule has 1 aromatic carbocycles. The number of nitrogens with zero attached hydrogens (tertiary/aromatic N) is 1. The first-order chi connectivity index (χ1) is 10.3. The van der Waals surface area contributed by atoms with Gasteiger partial charge in [0.15, 0.2) is 0 Å².